The molecule has 1 aromatic rings. The van der Waals surface area contributed by atoms with Crippen LogP contribution >= 0.6 is 43.5 Å². The first kappa shape index (κ1) is 13.2. The predicted octanol–water partition coefficient (Wildman–Crippen LogP) is 3.13. The minimum Gasteiger partial charge on any atom is -0.199 e. The van der Waals surface area contributed by atoms with E-state index in [4.69, 9.17) is 11.6 Å². The van der Waals surface area contributed by atoms with Crippen molar-refractivity contribution >= 4 is 59.7 Å². The highest BCUT2D eigenvalue weighted by Gasteiger charge is 2.18. The van der Waals surface area contributed by atoms with Crippen LogP contribution in [0, 0.1) is 0 Å². The molecule has 0 fully saturated rings. The van der Waals surface area contributed by atoms with Crippen LogP contribution in [-0.2, 0) is 10.0 Å². The summed E-state index contributed by atoms with van der Waals surface area (Å²) in [5, 5.41) is 0. The zero-order chi connectivity index (χ0) is 11.5. The summed E-state index contributed by atoms with van der Waals surface area (Å²) in [6.07, 6.45) is 1.05. The fourth-order valence-electron chi connectivity index (χ4n) is 0.782. The van der Waals surface area contributed by atoms with Gasteiger partial charge < -0.3 is 0 Å². The second-order valence-corrected chi connectivity index (χ2v) is 9.27. The predicted molar refractivity (Wildman–Crippen MR) is 68.6 cm³/mol. The van der Waals surface area contributed by atoms with Gasteiger partial charge in [0.1, 0.15) is 0 Å². The van der Waals surface area contributed by atoms with E-state index in [0.717, 1.165) is 6.21 Å². The Balaban J connectivity index is 3.01. The summed E-state index contributed by atoms with van der Waals surface area (Å²) in [6, 6.07) is 7.90. The van der Waals surface area contributed by atoms with Gasteiger partial charge in [-0.1, -0.05) is 29.8 Å². The summed E-state index contributed by atoms with van der Waals surface area (Å²) in [6.45, 7) is 0. The Morgan fingerprint density at radius 2 is 1.80 bits per heavy atom. The fraction of sp³-hybridized carbons (Fsp3) is 0.125. The van der Waals surface area contributed by atoms with Gasteiger partial charge in [-0.2, -0.15) is 12.8 Å². The molecule has 0 radical (unpaired) electrons. The maximum absolute atomic E-state index is 11.6. The average molecular weight is 375 g/mol. The third kappa shape index (κ3) is 4.63. The van der Waals surface area contributed by atoms with Crippen LogP contribution in [0.25, 0.3) is 0 Å². The number of alkyl halides is 3. The molecule has 0 aliphatic heterocycles. The van der Waals surface area contributed by atoms with Gasteiger partial charge in [0, 0.05) is 0 Å². The summed E-state index contributed by atoms with van der Waals surface area (Å²) < 4.78 is 25.4. The van der Waals surface area contributed by atoms with Crippen molar-refractivity contribution in [2.75, 3.05) is 0 Å². The van der Waals surface area contributed by atoms with Crippen LogP contribution in [0.1, 0.15) is 0 Å². The van der Waals surface area contributed by atoms with Crippen LogP contribution in [0.4, 0.5) is 0 Å². The largest absolute Gasteiger partial charge is 0.282 e. The molecule has 0 aromatic heterocycles. The van der Waals surface area contributed by atoms with Gasteiger partial charge in [0.15, 0.2) is 2.69 Å². The van der Waals surface area contributed by atoms with Crippen molar-refractivity contribution in [1.82, 2.24) is 0 Å². The minimum atomic E-state index is -3.67. The smallest absolute Gasteiger partial charge is 0.199 e. The molecular weight excluding hydrogens is 369 g/mol. The Hall–Kier alpha value is 0.0900. The standard InChI is InChI=1S/C8H6Br2ClNO2S/c9-8(10,11)6-12-15(13,14)7-4-2-1-3-5-7/h1-6H. The topological polar surface area (TPSA) is 46.5 Å². The van der Waals surface area contributed by atoms with Crippen LogP contribution in [0.2, 0.25) is 0 Å². The van der Waals surface area contributed by atoms with E-state index in [1.165, 1.54) is 12.1 Å². The number of nitrogens with zero attached hydrogens (tertiary/aromatic N) is 1. The van der Waals surface area contributed by atoms with Crippen molar-refractivity contribution in [3.63, 3.8) is 0 Å². The Kier molecular flexibility index (Phi) is 4.34. The van der Waals surface area contributed by atoms with E-state index in [9.17, 15) is 8.42 Å². The molecule has 0 spiro atoms. The Morgan fingerprint density at radius 3 is 2.27 bits per heavy atom. The van der Waals surface area contributed by atoms with Gasteiger partial charge in [-0.15, -0.1) is 0 Å². The van der Waals surface area contributed by atoms with Gasteiger partial charge in [-0.3, -0.25) is 0 Å². The molecule has 1 rings (SSSR count). The molecule has 0 atom stereocenters. The monoisotopic (exact) mass is 373 g/mol. The van der Waals surface area contributed by atoms with Gasteiger partial charge in [-0.25, -0.2) is 0 Å². The number of benzene rings is 1. The van der Waals surface area contributed by atoms with Crippen LogP contribution in [0.15, 0.2) is 39.6 Å². The molecule has 0 aliphatic rings. The zero-order valence-corrected chi connectivity index (χ0v) is 12.0. The molecule has 0 bridgehead atoms. The number of hydrogen-bond donors (Lipinski definition) is 0. The van der Waals surface area contributed by atoms with Crippen molar-refractivity contribution in [1.29, 1.82) is 0 Å². The van der Waals surface area contributed by atoms with Gasteiger partial charge in [0.2, 0.25) is 0 Å². The Morgan fingerprint density at radius 1 is 1.27 bits per heavy atom. The van der Waals surface area contributed by atoms with Gasteiger partial charge in [0.05, 0.1) is 11.1 Å². The Bertz CT molecular complexity index is 453. The van der Waals surface area contributed by atoms with E-state index >= 15 is 0 Å². The van der Waals surface area contributed by atoms with Gasteiger partial charge in [0.25, 0.3) is 10.0 Å². The van der Waals surface area contributed by atoms with E-state index in [1.54, 1.807) is 18.2 Å². The third-order valence-corrected chi connectivity index (χ3v) is 3.14. The molecule has 0 saturated carbocycles. The SMILES string of the molecule is O=S(=O)(N=CC(Cl)(Br)Br)c1ccccc1. The highest BCUT2D eigenvalue weighted by atomic mass is 79.9. The van der Waals surface area contributed by atoms with E-state index in [0.29, 0.717) is 0 Å². The quantitative estimate of drug-likeness (QED) is 0.602. The second kappa shape index (κ2) is 4.95. The normalized spacial score (nSPS) is 13.3. The molecule has 0 saturated heterocycles. The number of sulfonamides is 1. The number of rotatable bonds is 3. The van der Waals surface area contributed by atoms with Crippen molar-refractivity contribution in [2.45, 2.75) is 7.59 Å². The first-order valence-electron chi connectivity index (χ1n) is 3.74. The molecule has 0 unspecified atom stereocenters. The third-order valence-electron chi connectivity index (χ3n) is 1.38. The molecule has 3 nitrogen and oxygen atoms in total. The fourth-order valence-corrected chi connectivity index (χ4v) is 2.28. The molecule has 0 aliphatic carbocycles. The summed E-state index contributed by atoms with van der Waals surface area (Å²) in [7, 11) is -3.67. The molecule has 7 heteroatoms. The lowest BCUT2D eigenvalue weighted by atomic mass is 10.4. The molecule has 0 amide bonds. The van der Waals surface area contributed by atoms with E-state index in [2.05, 4.69) is 36.3 Å². The van der Waals surface area contributed by atoms with Crippen molar-refractivity contribution in [3.8, 4) is 0 Å². The lowest BCUT2D eigenvalue weighted by Crippen LogP contribution is -2.05. The molecule has 0 N–H and O–H groups in total. The van der Waals surface area contributed by atoms with E-state index in [-0.39, 0.29) is 4.90 Å². The van der Waals surface area contributed by atoms with Crippen LogP contribution in [0.3, 0.4) is 0 Å². The molecule has 15 heavy (non-hydrogen) atoms. The molecule has 1 aromatic carbocycles. The summed E-state index contributed by atoms with van der Waals surface area (Å²) in [4.78, 5) is 0.127. The van der Waals surface area contributed by atoms with E-state index in [1.807, 2.05) is 0 Å². The molecule has 0 heterocycles. The number of halogens is 3. The number of hydrogen-bond acceptors (Lipinski definition) is 2. The van der Waals surface area contributed by atoms with Crippen LogP contribution in [0.5, 0.6) is 0 Å². The molecule has 82 valence electrons. The summed E-state index contributed by atoms with van der Waals surface area (Å²) in [5.74, 6) is 0. The van der Waals surface area contributed by atoms with Crippen molar-refractivity contribution < 1.29 is 8.42 Å². The van der Waals surface area contributed by atoms with Crippen LogP contribution in [-0.4, -0.2) is 17.3 Å². The van der Waals surface area contributed by atoms with E-state index < -0.39 is 12.7 Å². The maximum Gasteiger partial charge on any atom is 0.282 e. The Labute approximate surface area is 110 Å². The van der Waals surface area contributed by atoms with Crippen LogP contribution < -0.4 is 0 Å². The van der Waals surface area contributed by atoms with Gasteiger partial charge in [-0.05, 0) is 44.0 Å². The zero-order valence-electron chi connectivity index (χ0n) is 7.27. The second-order valence-electron chi connectivity index (χ2n) is 2.56. The molecular formula is C8H6Br2ClNO2S. The first-order chi connectivity index (χ1) is 6.81. The lowest BCUT2D eigenvalue weighted by Gasteiger charge is -2.03. The highest BCUT2D eigenvalue weighted by molar-refractivity contribution is 9.26. The average Bonchev–Trinajstić information content (AvgIpc) is 2.16. The maximum atomic E-state index is 11.6. The summed E-state index contributed by atoms with van der Waals surface area (Å²) in [5.41, 5.74) is 0. The lowest BCUT2D eigenvalue weighted by molar-refractivity contribution is 0.598. The highest BCUT2D eigenvalue weighted by Crippen LogP contribution is 2.29. The summed E-state index contributed by atoms with van der Waals surface area (Å²) >= 11 is 11.6. The van der Waals surface area contributed by atoms with Crippen molar-refractivity contribution in [3.05, 3.63) is 30.3 Å². The first-order valence-corrected chi connectivity index (χ1v) is 7.15. The van der Waals surface area contributed by atoms with Gasteiger partial charge >= 0.3 is 0 Å². The van der Waals surface area contributed by atoms with Crippen molar-refractivity contribution in [2.24, 2.45) is 4.40 Å². The minimum absolute atomic E-state index is 0.127.